The summed E-state index contributed by atoms with van der Waals surface area (Å²) in [4.78, 5) is 12.3. The summed E-state index contributed by atoms with van der Waals surface area (Å²) >= 11 is 6.04. The van der Waals surface area contributed by atoms with Gasteiger partial charge in [0.2, 0.25) is 0 Å². The van der Waals surface area contributed by atoms with Crippen molar-refractivity contribution in [3.63, 3.8) is 0 Å². The lowest BCUT2D eigenvalue weighted by atomic mass is 10.3. The van der Waals surface area contributed by atoms with Gasteiger partial charge in [-0.3, -0.25) is 9.36 Å². The van der Waals surface area contributed by atoms with Crippen molar-refractivity contribution in [1.29, 1.82) is 0 Å². The molecule has 0 aliphatic heterocycles. The molecule has 19 heavy (non-hydrogen) atoms. The van der Waals surface area contributed by atoms with Crippen LogP contribution in [0.5, 0.6) is 0 Å². The fourth-order valence-corrected chi connectivity index (χ4v) is 1.86. The zero-order chi connectivity index (χ0) is 14.0. The fourth-order valence-electron chi connectivity index (χ4n) is 1.65. The summed E-state index contributed by atoms with van der Waals surface area (Å²) in [7, 11) is 0. The number of rotatable bonds is 3. The summed E-state index contributed by atoms with van der Waals surface area (Å²) in [5.74, 6) is 0.449. The van der Waals surface area contributed by atoms with Crippen LogP contribution in [0.25, 0.3) is 5.82 Å². The van der Waals surface area contributed by atoms with Gasteiger partial charge in [0.15, 0.2) is 5.82 Å². The van der Waals surface area contributed by atoms with E-state index in [2.05, 4.69) is 15.5 Å². The van der Waals surface area contributed by atoms with Crippen LogP contribution in [0.15, 0.2) is 29.2 Å². The highest BCUT2D eigenvalue weighted by molar-refractivity contribution is 6.30. The van der Waals surface area contributed by atoms with Crippen molar-refractivity contribution >= 4 is 17.3 Å². The Hall–Kier alpha value is -1.88. The number of halogens is 1. The number of hydrogen-bond acceptors (Lipinski definition) is 4. The Morgan fingerprint density at radius 1 is 1.32 bits per heavy atom. The van der Waals surface area contributed by atoms with Gasteiger partial charge < -0.3 is 5.32 Å². The molecule has 2 rings (SSSR count). The molecule has 0 radical (unpaired) electrons. The Morgan fingerprint density at radius 2 is 2.05 bits per heavy atom. The SMILES string of the molecule is Cc1ccc(-n2cc(Cl)cc(NC(C)C)c2=O)nn1. The van der Waals surface area contributed by atoms with Gasteiger partial charge in [0.1, 0.15) is 5.69 Å². The molecule has 0 bridgehead atoms. The number of pyridine rings is 1. The van der Waals surface area contributed by atoms with Gasteiger partial charge in [0.25, 0.3) is 5.56 Å². The van der Waals surface area contributed by atoms with Crippen molar-refractivity contribution in [1.82, 2.24) is 14.8 Å². The maximum absolute atomic E-state index is 12.3. The summed E-state index contributed by atoms with van der Waals surface area (Å²) in [5, 5.41) is 11.5. The van der Waals surface area contributed by atoms with Gasteiger partial charge in [0, 0.05) is 12.2 Å². The van der Waals surface area contributed by atoms with E-state index < -0.39 is 0 Å². The highest BCUT2D eigenvalue weighted by atomic mass is 35.5. The van der Waals surface area contributed by atoms with Crippen molar-refractivity contribution < 1.29 is 0 Å². The van der Waals surface area contributed by atoms with Gasteiger partial charge in [-0.2, -0.15) is 5.10 Å². The van der Waals surface area contributed by atoms with Crippen LogP contribution in [0.3, 0.4) is 0 Å². The van der Waals surface area contributed by atoms with E-state index in [1.807, 2.05) is 20.8 Å². The van der Waals surface area contributed by atoms with Gasteiger partial charge in [-0.1, -0.05) is 11.6 Å². The van der Waals surface area contributed by atoms with Crippen LogP contribution in [-0.2, 0) is 0 Å². The van der Waals surface area contributed by atoms with Crippen molar-refractivity contribution in [3.05, 3.63) is 45.5 Å². The first kappa shape index (κ1) is 13.5. The summed E-state index contributed by atoms with van der Waals surface area (Å²) in [5.41, 5.74) is 1.04. The topological polar surface area (TPSA) is 59.8 Å². The van der Waals surface area contributed by atoms with Gasteiger partial charge in [-0.05, 0) is 39.0 Å². The quantitative estimate of drug-likeness (QED) is 0.937. The minimum atomic E-state index is -0.198. The molecule has 0 aliphatic rings. The molecule has 5 nitrogen and oxygen atoms in total. The van der Waals surface area contributed by atoms with E-state index in [4.69, 9.17) is 11.6 Å². The lowest BCUT2D eigenvalue weighted by molar-refractivity contribution is 0.851. The van der Waals surface area contributed by atoms with E-state index in [-0.39, 0.29) is 11.6 Å². The lowest BCUT2D eigenvalue weighted by Crippen LogP contribution is -2.25. The maximum atomic E-state index is 12.3. The predicted molar refractivity (Wildman–Crippen MR) is 76.1 cm³/mol. The van der Waals surface area contributed by atoms with Crippen molar-refractivity contribution in [2.45, 2.75) is 26.8 Å². The molecule has 2 aromatic heterocycles. The molecule has 0 saturated heterocycles. The molecule has 0 amide bonds. The van der Waals surface area contributed by atoms with Crippen LogP contribution in [-0.4, -0.2) is 20.8 Å². The zero-order valence-electron chi connectivity index (χ0n) is 11.0. The molecule has 2 heterocycles. The van der Waals surface area contributed by atoms with E-state index in [1.165, 1.54) is 10.8 Å². The molecule has 0 saturated carbocycles. The molecule has 0 spiro atoms. The zero-order valence-corrected chi connectivity index (χ0v) is 11.8. The van der Waals surface area contributed by atoms with E-state index in [1.54, 1.807) is 18.2 Å². The molecule has 6 heteroatoms. The highest BCUT2D eigenvalue weighted by Crippen LogP contribution is 2.14. The summed E-state index contributed by atoms with van der Waals surface area (Å²) < 4.78 is 1.39. The molecule has 0 fully saturated rings. The molecular weight excluding hydrogens is 264 g/mol. The fraction of sp³-hybridized carbons (Fsp3) is 0.308. The Kier molecular flexibility index (Phi) is 3.85. The van der Waals surface area contributed by atoms with Crippen molar-refractivity contribution in [2.75, 3.05) is 5.32 Å². The predicted octanol–water partition coefficient (Wildman–Crippen LogP) is 2.41. The number of nitrogens with one attached hydrogen (secondary N) is 1. The van der Waals surface area contributed by atoms with Crippen LogP contribution < -0.4 is 10.9 Å². The Bertz CT molecular complexity index is 634. The first-order chi connectivity index (χ1) is 8.97. The summed E-state index contributed by atoms with van der Waals surface area (Å²) in [6, 6.07) is 5.29. The van der Waals surface area contributed by atoms with Crippen LogP contribution in [0.4, 0.5) is 5.69 Å². The third-order valence-corrected chi connectivity index (χ3v) is 2.67. The third kappa shape index (κ3) is 3.12. The number of anilines is 1. The number of aryl methyl sites for hydroxylation is 1. The van der Waals surface area contributed by atoms with Gasteiger partial charge >= 0.3 is 0 Å². The third-order valence-electron chi connectivity index (χ3n) is 2.46. The van der Waals surface area contributed by atoms with Crippen LogP contribution in [0, 0.1) is 6.92 Å². The molecule has 0 atom stereocenters. The van der Waals surface area contributed by atoms with E-state index >= 15 is 0 Å². The largest absolute Gasteiger partial charge is 0.378 e. The lowest BCUT2D eigenvalue weighted by Gasteiger charge is -2.12. The maximum Gasteiger partial charge on any atom is 0.279 e. The van der Waals surface area contributed by atoms with Crippen molar-refractivity contribution in [2.24, 2.45) is 0 Å². The molecule has 0 unspecified atom stereocenters. The summed E-state index contributed by atoms with van der Waals surface area (Å²) in [6.07, 6.45) is 1.54. The second kappa shape index (κ2) is 5.40. The molecule has 100 valence electrons. The van der Waals surface area contributed by atoms with Gasteiger partial charge in [0.05, 0.1) is 10.7 Å². The standard InChI is InChI=1S/C13H15ClN4O/c1-8(2)15-11-6-10(14)7-18(13(11)19)12-5-4-9(3)16-17-12/h4-8,15H,1-3H3. The minimum absolute atomic E-state index is 0.142. The average molecular weight is 279 g/mol. The second-order valence-electron chi connectivity index (χ2n) is 4.58. The Labute approximate surface area is 116 Å². The van der Waals surface area contributed by atoms with Crippen LogP contribution in [0.1, 0.15) is 19.5 Å². The summed E-state index contributed by atoms with van der Waals surface area (Å²) in [6.45, 7) is 5.75. The first-order valence-corrected chi connectivity index (χ1v) is 6.34. The highest BCUT2D eigenvalue weighted by Gasteiger charge is 2.09. The molecule has 2 aromatic rings. The molecular formula is C13H15ClN4O. The van der Waals surface area contributed by atoms with Gasteiger partial charge in [-0.15, -0.1) is 5.10 Å². The number of aromatic nitrogens is 3. The normalized spacial score (nSPS) is 10.8. The number of nitrogens with zero attached hydrogens (tertiary/aromatic N) is 3. The molecule has 1 N–H and O–H groups in total. The molecule has 0 aliphatic carbocycles. The van der Waals surface area contributed by atoms with Crippen molar-refractivity contribution in [3.8, 4) is 5.82 Å². The second-order valence-corrected chi connectivity index (χ2v) is 5.02. The van der Waals surface area contributed by atoms with E-state index in [9.17, 15) is 4.79 Å². The molecule has 0 aromatic carbocycles. The first-order valence-electron chi connectivity index (χ1n) is 5.97. The minimum Gasteiger partial charge on any atom is -0.378 e. The van der Waals surface area contributed by atoms with Gasteiger partial charge in [-0.25, -0.2) is 0 Å². The average Bonchev–Trinajstić information content (AvgIpc) is 2.34. The van der Waals surface area contributed by atoms with Crippen LogP contribution >= 0.6 is 11.6 Å². The number of hydrogen-bond donors (Lipinski definition) is 1. The van der Waals surface area contributed by atoms with E-state index in [0.717, 1.165) is 5.69 Å². The smallest absolute Gasteiger partial charge is 0.279 e. The Balaban J connectivity index is 2.54. The van der Waals surface area contributed by atoms with E-state index in [0.29, 0.717) is 16.5 Å². The van der Waals surface area contributed by atoms with Crippen LogP contribution in [0.2, 0.25) is 5.02 Å². The Morgan fingerprint density at radius 3 is 2.63 bits per heavy atom. The monoisotopic (exact) mass is 278 g/mol.